The lowest BCUT2D eigenvalue weighted by Crippen LogP contribution is -2.49. The Bertz CT molecular complexity index is 496. The van der Waals surface area contributed by atoms with Crippen molar-refractivity contribution >= 4 is 17.5 Å². The minimum atomic E-state index is -0.389. The van der Waals surface area contributed by atoms with Crippen LogP contribution in [-0.4, -0.2) is 54.7 Å². The maximum absolute atomic E-state index is 11.9. The molecule has 1 aliphatic heterocycles. The summed E-state index contributed by atoms with van der Waals surface area (Å²) in [5, 5.41) is 0. The summed E-state index contributed by atoms with van der Waals surface area (Å²) in [5.41, 5.74) is 6.93. The summed E-state index contributed by atoms with van der Waals surface area (Å²) in [6.45, 7) is 10.2. The van der Waals surface area contributed by atoms with E-state index in [2.05, 4.69) is 28.6 Å². The Balaban J connectivity index is 2.14. The van der Waals surface area contributed by atoms with Crippen molar-refractivity contribution in [3.63, 3.8) is 0 Å². The standard InChI is InChI=1S/C15H24N4O2/c1-4-21-15(20)12-5-6-17-14(13(12)16)19-9-7-18(8-10-19)11(2)3/h5-6,11H,4,7-10,16H2,1-3H3. The number of pyridine rings is 1. The van der Waals surface area contributed by atoms with Gasteiger partial charge in [0.15, 0.2) is 5.82 Å². The molecule has 2 N–H and O–H groups in total. The average Bonchev–Trinajstić information content (AvgIpc) is 2.48. The normalized spacial score (nSPS) is 16.3. The molecule has 1 saturated heterocycles. The predicted molar refractivity (Wildman–Crippen MR) is 83.5 cm³/mol. The monoisotopic (exact) mass is 292 g/mol. The third-order valence-corrected chi connectivity index (χ3v) is 3.81. The third kappa shape index (κ3) is 3.44. The van der Waals surface area contributed by atoms with E-state index >= 15 is 0 Å². The highest BCUT2D eigenvalue weighted by molar-refractivity contribution is 5.97. The molecule has 0 spiro atoms. The summed E-state index contributed by atoms with van der Waals surface area (Å²) in [6.07, 6.45) is 1.62. The molecule has 0 amide bonds. The molecule has 0 radical (unpaired) electrons. The zero-order valence-corrected chi connectivity index (χ0v) is 13.0. The van der Waals surface area contributed by atoms with Gasteiger partial charge in [-0.2, -0.15) is 0 Å². The summed E-state index contributed by atoms with van der Waals surface area (Å²) in [7, 11) is 0. The highest BCUT2D eigenvalue weighted by Gasteiger charge is 2.23. The lowest BCUT2D eigenvalue weighted by Gasteiger charge is -2.37. The number of rotatable bonds is 4. The molecule has 0 unspecified atom stereocenters. The number of nitrogens with zero attached hydrogens (tertiary/aromatic N) is 3. The molecule has 1 aromatic heterocycles. The van der Waals surface area contributed by atoms with Crippen LogP contribution in [0.3, 0.4) is 0 Å². The molecule has 0 atom stereocenters. The molecule has 0 aliphatic carbocycles. The quantitative estimate of drug-likeness (QED) is 0.845. The van der Waals surface area contributed by atoms with Gasteiger partial charge in [0.1, 0.15) is 0 Å². The van der Waals surface area contributed by atoms with Gasteiger partial charge in [-0.15, -0.1) is 0 Å². The van der Waals surface area contributed by atoms with Gasteiger partial charge in [0.05, 0.1) is 17.9 Å². The Labute approximate surface area is 125 Å². The van der Waals surface area contributed by atoms with Crippen LogP contribution in [-0.2, 0) is 4.74 Å². The highest BCUT2D eigenvalue weighted by atomic mass is 16.5. The smallest absolute Gasteiger partial charge is 0.340 e. The molecular weight excluding hydrogens is 268 g/mol. The molecule has 6 heteroatoms. The van der Waals surface area contributed by atoms with Crippen molar-refractivity contribution in [3.05, 3.63) is 17.8 Å². The van der Waals surface area contributed by atoms with Gasteiger partial charge in [-0.1, -0.05) is 0 Å². The van der Waals surface area contributed by atoms with Crippen molar-refractivity contribution in [2.75, 3.05) is 43.4 Å². The Kier molecular flexibility index (Phi) is 5.01. The summed E-state index contributed by atoms with van der Waals surface area (Å²) in [6, 6.07) is 2.16. The fourth-order valence-corrected chi connectivity index (χ4v) is 2.55. The largest absolute Gasteiger partial charge is 0.462 e. The Morgan fingerprint density at radius 1 is 1.38 bits per heavy atom. The van der Waals surface area contributed by atoms with Gasteiger partial charge in [0, 0.05) is 38.4 Å². The van der Waals surface area contributed by atoms with Crippen LogP contribution in [0.5, 0.6) is 0 Å². The number of piperazine rings is 1. The van der Waals surface area contributed by atoms with Crippen molar-refractivity contribution in [2.45, 2.75) is 26.8 Å². The van der Waals surface area contributed by atoms with Gasteiger partial charge in [-0.05, 0) is 26.8 Å². The van der Waals surface area contributed by atoms with Crippen molar-refractivity contribution in [1.82, 2.24) is 9.88 Å². The summed E-state index contributed by atoms with van der Waals surface area (Å²) >= 11 is 0. The number of ether oxygens (including phenoxy) is 1. The minimum Gasteiger partial charge on any atom is -0.462 e. The Morgan fingerprint density at radius 3 is 2.62 bits per heavy atom. The predicted octanol–water partition coefficient (Wildman–Crippen LogP) is 1.37. The van der Waals surface area contributed by atoms with Crippen molar-refractivity contribution in [2.24, 2.45) is 0 Å². The molecule has 0 saturated carbocycles. The van der Waals surface area contributed by atoms with E-state index in [9.17, 15) is 4.79 Å². The Hall–Kier alpha value is -1.82. The van der Waals surface area contributed by atoms with Crippen LogP contribution in [0.15, 0.2) is 12.3 Å². The average molecular weight is 292 g/mol. The van der Waals surface area contributed by atoms with Crippen LogP contribution < -0.4 is 10.6 Å². The number of esters is 1. The first-order valence-corrected chi connectivity index (χ1v) is 7.45. The SMILES string of the molecule is CCOC(=O)c1ccnc(N2CCN(C(C)C)CC2)c1N. The first kappa shape index (κ1) is 15.6. The maximum atomic E-state index is 11.9. The summed E-state index contributed by atoms with van der Waals surface area (Å²) in [5.74, 6) is 0.295. The molecular formula is C15H24N4O2. The summed E-state index contributed by atoms with van der Waals surface area (Å²) < 4.78 is 5.03. The molecule has 2 heterocycles. The first-order valence-electron chi connectivity index (χ1n) is 7.45. The van der Waals surface area contributed by atoms with E-state index in [1.54, 1.807) is 19.2 Å². The minimum absolute atomic E-state index is 0.336. The van der Waals surface area contributed by atoms with E-state index in [1.807, 2.05) is 0 Å². The number of carbonyl (C=O) groups is 1. The molecule has 6 nitrogen and oxygen atoms in total. The van der Waals surface area contributed by atoms with E-state index in [-0.39, 0.29) is 5.97 Å². The van der Waals surface area contributed by atoms with Crippen molar-refractivity contribution < 1.29 is 9.53 Å². The lowest BCUT2D eigenvalue weighted by molar-refractivity contribution is 0.0527. The second kappa shape index (κ2) is 6.76. The molecule has 1 aliphatic rings. The van der Waals surface area contributed by atoms with Crippen LogP contribution in [0.1, 0.15) is 31.1 Å². The van der Waals surface area contributed by atoms with E-state index in [0.29, 0.717) is 29.7 Å². The fourth-order valence-electron chi connectivity index (χ4n) is 2.55. The third-order valence-electron chi connectivity index (χ3n) is 3.81. The molecule has 1 aromatic rings. The molecule has 116 valence electrons. The number of anilines is 2. The second-order valence-electron chi connectivity index (χ2n) is 5.43. The number of nitrogen functional groups attached to an aromatic ring is 1. The summed E-state index contributed by atoms with van der Waals surface area (Å²) in [4.78, 5) is 20.8. The van der Waals surface area contributed by atoms with Gasteiger partial charge in [-0.3, -0.25) is 4.90 Å². The lowest BCUT2D eigenvalue weighted by atomic mass is 10.2. The molecule has 2 rings (SSSR count). The van der Waals surface area contributed by atoms with Crippen LogP contribution in [0, 0.1) is 0 Å². The number of aromatic nitrogens is 1. The van der Waals surface area contributed by atoms with E-state index in [1.165, 1.54) is 0 Å². The number of carbonyl (C=O) groups excluding carboxylic acids is 1. The maximum Gasteiger partial charge on any atom is 0.340 e. The molecule has 0 bridgehead atoms. The number of nitrogens with two attached hydrogens (primary N) is 1. The van der Waals surface area contributed by atoms with E-state index in [0.717, 1.165) is 26.2 Å². The highest BCUT2D eigenvalue weighted by Crippen LogP contribution is 2.25. The molecule has 1 fully saturated rings. The van der Waals surface area contributed by atoms with Crippen molar-refractivity contribution in [1.29, 1.82) is 0 Å². The van der Waals surface area contributed by atoms with Crippen molar-refractivity contribution in [3.8, 4) is 0 Å². The van der Waals surface area contributed by atoms with Gasteiger partial charge >= 0.3 is 5.97 Å². The molecule has 0 aromatic carbocycles. The molecule has 21 heavy (non-hydrogen) atoms. The first-order chi connectivity index (χ1) is 10.0. The van der Waals surface area contributed by atoms with Crippen LogP contribution in [0.25, 0.3) is 0 Å². The number of hydrogen-bond donors (Lipinski definition) is 1. The Morgan fingerprint density at radius 2 is 2.05 bits per heavy atom. The van der Waals surface area contributed by atoms with Crippen LogP contribution in [0.4, 0.5) is 11.5 Å². The zero-order chi connectivity index (χ0) is 15.4. The van der Waals surface area contributed by atoms with Crippen LogP contribution >= 0.6 is 0 Å². The van der Waals surface area contributed by atoms with E-state index in [4.69, 9.17) is 10.5 Å². The second-order valence-corrected chi connectivity index (χ2v) is 5.43. The zero-order valence-electron chi connectivity index (χ0n) is 13.0. The number of hydrogen-bond acceptors (Lipinski definition) is 6. The van der Waals surface area contributed by atoms with Gasteiger partial charge in [0.2, 0.25) is 0 Å². The topological polar surface area (TPSA) is 71.7 Å². The van der Waals surface area contributed by atoms with Crippen LogP contribution in [0.2, 0.25) is 0 Å². The van der Waals surface area contributed by atoms with Gasteiger partial charge in [0.25, 0.3) is 0 Å². The van der Waals surface area contributed by atoms with Gasteiger partial charge in [-0.25, -0.2) is 9.78 Å². The fraction of sp³-hybridized carbons (Fsp3) is 0.600. The van der Waals surface area contributed by atoms with E-state index < -0.39 is 0 Å². The van der Waals surface area contributed by atoms with Gasteiger partial charge < -0.3 is 15.4 Å².